The minimum atomic E-state index is 0. The number of rotatable bonds is 3. The Morgan fingerprint density at radius 1 is 1.73 bits per heavy atom. The Balaban J connectivity index is 0.000001000. The summed E-state index contributed by atoms with van der Waals surface area (Å²) in [5, 5.41) is 0. The average molecular weight is 173 g/mol. The largest absolute Gasteiger partial charge is 0.311 e. The third-order valence-corrected chi connectivity index (χ3v) is 1.42. The van der Waals surface area contributed by atoms with Crippen molar-refractivity contribution < 1.29 is 0 Å². The van der Waals surface area contributed by atoms with Gasteiger partial charge in [-0.1, -0.05) is 13.5 Å². The van der Waals surface area contributed by atoms with E-state index in [1.165, 1.54) is 0 Å². The molecule has 0 amide bonds. The van der Waals surface area contributed by atoms with Crippen molar-refractivity contribution in [2.24, 2.45) is 0 Å². The number of aromatic nitrogens is 2. The summed E-state index contributed by atoms with van der Waals surface area (Å²) in [6, 6.07) is 0. The van der Waals surface area contributed by atoms with E-state index < -0.39 is 0 Å². The van der Waals surface area contributed by atoms with Crippen molar-refractivity contribution in [2.45, 2.75) is 19.8 Å². The van der Waals surface area contributed by atoms with Gasteiger partial charge in [0.1, 0.15) is 5.82 Å². The van der Waals surface area contributed by atoms with Gasteiger partial charge in [0.15, 0.2) is 0 Å². The van der Waals surface area contributed by atoms with Gasteiger partial charge in [-0.2, -0.15) is 0 Å². The Bertz CT molecular complexity index is 218. The van der Waals surface area contributed by atoms with Gasteiger partial charge in [0.25, 0.3) is 0 Å². The highest BCUT2D eigenvalue weighted by molar-refractivity contribution is 5.85. The molecular formula is C8H13ClN2. The molecule has 0 aliphatic carbocycles. The Kier molecular flexibility index (Phi) is 4.62. The monoisotopic (exact) mass is 172 g/mol. The van der Waals surface area contributed by atoms with Crippen LogP contribution in [-0.2, 0) is 6.42 Å². The van der Waals surface area contributed by atoms with Gasteiger partial charge in [-0.3, -0.25) is 0 Å². The van der Waals surface area contributed by atoms with E-state index in [-0.39, 0.29) is 12.4 Å². The lowest BCUT2D eigenvalue weighted by molar-refractivity contribution is 0.825. The summed E-state index contributed by atoms with van der Waals surface area (Å²) in [7, 11) is 0. The number of aryl methyl sites for hydroxylation is 1. The van der Waals surface area contributed by atoms with Crippen molar-refractivity contribution in [1.29, 1.82) is 0 Å². The van der Waals surface area contributed by atoms with Crippen molar-refractivity contribution >= 4 is 18.6 Å². The molecule has 1 aromatic heterocycles. The van der Waals surface area contributed by atoms with E-state index in [9.17, 15) is 0 Å². The highest BCUT2D eigenvalue weighted by Gasteiger charge is 1.95. The molecular weight excluding hydrogens is 160 g/mol. The Morgan fingerprint density at radius 2 is 2.45 bits per heavy atom. The molecule has 62 valence electrons. The van der Waals surface area contributed by atoms with Gasteiger partial charge in [0.05, 0.1) is 0 Å². The maximum atomic E-state index is 4.17. The van der Waals surface area contributed by atoms with Crippen LogP contribution in [-0.4, -0.2) is 9.55 Å². The van der Waals surface area contributed by atoms with E-state index >= 15 is 0 Å². The zero-order chi connectivity index (χ0) is 7.40. The summed E-state index contributed by atoms with van der Waals surface area (Å²) in [6.07, 6.45) is 7.65. The third kappa shape index (κ3) is 2.39. The number of halogens is 1. The molecule has 2 nitrogen and oxygen atoms in total. The average Bonchev–Trinajstić information content (AvgIpc) is 2.36. The maximum Gasteiger partial charge on any atom is 0.112 e. The Morgan fingerprint density at radius 3 is 3.00 bits per heavy atom. The predicted molar refractivity (Wildman–Crippen MR) is 49.9 cm³/mol. The van der Waals surface area contributed by atoms with Crippen molar-refractivity contribution in [3.63, 3.8) is 0 Å². The van der Waals surface area contributed by atoms with Gasteiger partial charge in [-0.25, -0.2) is 4.98 Å². The summed E-state index contributed by atoms with van der Waals surface area (Å²) in [5.41, 5.74) is 0. The lowest BCUT2D eigenvalue weighted by Gasteiger charge is -1.97. The molecule has 0 atom stereocenters. The minimum absolute atomic E-state index is 0. The van der Waals surface area contributed by atoms with Crippen LogP contribution in [0.15, 0.2) is 19.0 Å². The fraction of sp³-hybridized carbons (Fsp3) is 0.375. The highest BCUT2D eigenvalue weighted by atomic mass is 35.5. The van der Waals surface area contributed by atoms with E-state index in [1.54, 1.807) is 12.4 Å². The smallest absolute Gasteiger partial charge is 0.112 e. The van der Waals surface area contributed by atoms with Gasteiger partial charge < -0.3 is 4.57 Å². The second kappa shape index (κ2) is 4.97. The van der Waals surface area contributed by atoms with E-state index in [0.717, 1.165) is 18.7 Å². The third-order valence-electron chi connectivity index (χ3n) is 1.42. The SMILES string of the molecule is C=Cn1ccnc1CCC.Cl. The highest BCUT2D eigenvalue weighted by Crippen LogP contribution is 2.00. The molecule has 1 rings (SSSR count). The van der Waals surface area contributed by atoms with Gasteiger partial charge in [-0.15, -0.1) is 12.4 Å². The van der Waals surface area contributed by atoms with Crippen LogP contribution < -0.4 is 0 Å². The van der Waals surface area contributed by atoms with Crippen LogP contribution in [0.2, 0.25) is 0 Å². The van der Waals surface area contributed by atoms with Gasteiger partial charge in [0, 0.05) is 25.0 Å². The van der Waals surface area contributed by atoms with Crippen molar-refractivity contribution in [3.8, 4) is 0 Å². The van der Waals surface area contributed by atoms with Crippen LogP contribution in [0, 0.1) is 0 Å². The quantitative estimate of drug-likeness (QED) is 0.685. The fourth-order valence-electron chi connectivity index (χ4n) is 0.927. The molecule has 0 aliphatic heterocycles. The van der Waals surface area contributed by atoms with Crippen LogP contribution in [0.1, 0.15) is 19.2 Å². The number of nitrogens with zero attached hydrogens (tertiary/aromatic N) is 2. The second-order valence-corrected chi connectivity index (χ2v) is 2.18. The topological polar surface area (TPSA) is 17.8 Å². The van der Waals surface area contributed by atoms with Crippen LogP contribution in [0.25, 0.3) is 6.20 Å². The van der Waals surface area contributed by atoms with Crippen LogP contribution in [0.4, 0.5) is 0 Å². The van der Waals surface area contributed by atoms with Crippen LogP contribution >= 0.6 is 12.4 Å². The summed E-state index contributed by atoms with van der Waals surface area (Å²) in [5.74, 6) is 1.09. The molecule has 0 saturated heterocycles. The molecule has 11 heavy (non-hydrogen) atoms. The van der Waals surface area contributed by atoms with Crippen LogP contribution in [0.3, 0.4) is 0 Å². The normalized spacial score (nSPS) is 8.82. The maximum absolute atomic E-state index is 4.17. The fourth-order valence-corrected chi connectivity index (χ4v) is 0.927. The van der Waals surface area contributed by atoms with Crippen LogP contribution in [0.5, 0.6) is 0 Å². The number of hydrogen-bond donors (Lipinski definition) is 0. The van der Waals surface area contributed by atoms with E-state index in [1.807, 2.05) is 10.8 Å². The molecule has 0 bridgehead atoms. The molecule has 0 unspecified atom stereocenters. The van der Waals surface area contributed by atoms with Gasteiger partial charge in [-0.05, 0) is 6.42 Å². The lowest BCUT2D eigenvalue weighted by atomic mass is 10.3. The van der Waals surface area contributed by atoms with E-state index in [2.05, 4.69) is 18.5 Å². The molecule has 0 aliphatic rings. The molecule has 0 N–H and O–H groups in total. The molecule has 3 heteroatoms. The van der Waals surface area contributed by atoms with Gasteiger partial charge >= 0.3 is 0 Å². The standard InChI is InChI=1S/C8H12N2.ClH/c1-3-5-8-9-6-7-10(8)4-2;/h4,6-7H,2-3,5H2,1H3;1H. The number of imidazole rings is 1. The lowest BCUT2D eigenvalue weighted by Crippen LogP contribution is -1.93. The zero-order valence-electron chi connectivity index (χ0n) is 6.66. The second-order valence-electron chi connectivity index (χ2n) is 2.18. The summed E-state index contributed by atoms with van der Waals surface area (Å²) in [6.45, 7) is 5.81. The number of hydrogen-bond acceptors (Lipinski definition) is 1. The molecule has 0 aromatic carbocycles. The first-order valence-corrected chi connectivity index (χ1v) is 3.52. The molecule has 0 radical (unpaired) electrons. The Hall–Kier alpha value is -0.760. The minimum Gasteiger partial charge on any atom is -0.311 e. The first kappa shape index (κ1) is 10.2. The van der Waals surface area contributed by atoms with Gasteiger partial charge in [0.2, 0.25) is 0 Å². The molecule has 1 heterocycles. The first-order chi connectivity index (χ1) is 4.88. The van der Waals surface area contributed by atoms with Crippen molar-refractivity contribution in [1.82, 2.24) is 9.55 Å². The first-order valence-electron chi connectivity index (χ1n) is 3.52. The Labute approximate surface area is 73.4 Å². The van der Waals surface area contributed by atoms with E-state index in [0.29, 0.717) is 0 Å². The van der Waals surface area contributed by atoms with E-state index in [4.69, 9.17) is 0 Å². The summed E-state index contributed by atoms with van der Waals surface area (Å²) < 4.78 is 1.95. The van der Waals surface area contributed by atoms with Crippen molar-refractivity contribution in [2.75, 3.05) is 0 Å². The molecule has 0 spiro atoms. The molecule has 0 fully saturated rings. The van der Waals surface area contributed by atoms with Crippen molar-refractivity contribution in [3.05, 3.63) is 24.8 Å². The molecule has 1 aromatic rings. The zero-order valence-corrected chi connectivity index (χ0v) is 7.47. The summed E-state index contributed by atoms with van der Waals surface area (Å²) >= 11 is 0. The predicted octanol–water partition coefficient (Wildman–Crippen LogP) is 2.36. The summed E-state index contributed by atoms with van der Waals surface area (Å²) in [4.78, 5) is 4.17. The molecule has 0 saturated carbocycles.